The molecule has 3 rings (SSSR count). The maximum atomic E-state index is 4.50. The van der Waals surface area contributed by atoms with Gasteiger partial charge in [0.1, 0.15) is 4.71 Å². The summed E-state index contributed by atoms with van der Waals surface area (Å²) in [6, 6.07) is 4.45. The molecule has 2 aromatic rings. The van der Waals surface area contributed by atoms with E-state index in [-0.39, 0.29) is 0 Å². The first-order chi connectivity index (χ1) is 7.75. The molecule has 1 aliphatic rings. The highest BCUT2D eigenvalue weighted by molar-refractivity contribution is 8.19. The van der Waals surface area contributed by atoms with Crippen LogP contribution in [0.4, 0.5) is 0 Å². The number of aryl methyl sites for hydroxylation is 2. The van der Waals surface area contributed by atoms with Crippen molar-refractivity contribution in [2.24, 2.45) is 0 Å². The quantitative estimate of drug-likeness (QED) is 0.770. The van der Waals surface area contributed by atoms with Gasteiger partial charge >= 0.3 is 0 Å². The van der Waals surface area contributed by atoms with E-state index in [4.69, 9.17) is 0 Å². The van der Waals surface area contributed by atoms with Crippen LogP contribution < -0.4 is 0 Å². The molecule has 0 bridgehead atoms. The highest BCUT2D eigenvalue weighted by atomic mass is 32.2. The summed E-state index contributed by atoms with van der Waals surface area (Å²) in [6.45, 7) is 4.31. The van der Waals surface area contributed by atoms with Crippen LogP contribution >= 0.6 is 23.5 Å². The molecule has 0 amide bonds. The van der Waals surface area contributed by atoms with Crippen molar-refractivity contribution in [2.75, 3.05) is 11.5 Å². The van der Waals surface area contributed by atoms with Crippen LogP contribution in [-0.4, -0.2) is 21.1 Å². The second kappa shape index (κ2) is 4.00. The molecule has 1 aromatic carbocycles. The van der Waals surface area contributed by atoms with E-state index in [0.29, 0.717) is 4.71 Å². The van der Waals surface area contributed by atoms with Gasteiger partial charge in [-0.2, -0.15) is 0 Å². The standard InChI is InChI=1S/C12H14N2S2/c1-8-5-10-11(6-9(8)2)14(7-13-10)12-15-3-4-16-12/h5-7,12H,3-4H2,1-2H3. The van der Waals surface area contributed by atoms with Gasteiger partial charge in [0.2, 0.25) is 0 Å². The normalized spacial score (nSPS) is 17.4. The number of rotatable bonds is 1. The van der Waals surface area contributed by atoms with Crippen molar-refractivity contribution in [3.63, 3.8) is 0 Å². The topological polar surface area (TPSA) is 17.8 Å². The summed E-state index contributed by atoms with van der Waals surface area (Å²) in [5.74, 6) is 2.50. The number of hydrogen-bond acceptors (Lipinski definition) is 3. The van der Waals surface area contributed by atoms with Gasteiger partial charge in [-0.15, -0.1) is 23.5 Å². The Morgan fingerprint density at radius 2 is 1.88 bits per heavy atom. The number of nitrogens with zero attached hydrogens (tertiary/aromatic N) is 2. The molecule has 2 heterocycles. The number of imidazole rings is 1. The van der Waals surface area contributed by atoms with Gasteiger partial charge in [0, 0.05) is 11.5 Å². The van der Waals surface area contributed by atoms with Crippen molar-refractivity contribution in [1.82, 2.24) is 9.55 Å². The van der Waals surface area contributed by atoms with Crippen molar-refractivity contribution in [1.29, 1.82) is 0 Å². The Morgan fingerprint density at radius 1 is 1.19 bits per heavy atom. The van der Waals surface area contributed by atoms with Crippen LogP contribution in [0.25, 0.3) is 11.0 Å². The Bertz CT molecular complexity index is 527. The second-order valence-corrected chi connectivity index (χ2v) is 6.80. The third kappa shape index (κ3) is 1.64. The average molecular weight is 250 g/mol. The molecule has 0 saturated carbocycles. The van der Waals surface area contributed by atoms with Gasteiger partial charge in [-0.25, -0.2) is 4.98 Å². The second-order valence-electron chi connectivity index (χ2n) is 4.13. The fourth-order valence-corrected chi connectivity index (χ4v) is 4.75. The lowest BCUT2D eigenvalue weighted by Crippen LogP contribution is -1.96. The lowest BCUT2D eigenvalue weighted by Gasteiger charge is -2.11. The fraction of sp³-hybridized carbons (Fsp3) is 0.417. The Hall–Kier alpha value is -0.610. The summed E-state index contributed by atoms with van der Waals surface area (Å²) in [5, 5.41) is 0. The maximum Gasteiger partial charge on any atom is 0.127 e. The molecule has 4 heteroatoms. The van der Waals surface area contributed by atoms with Crippen LogP contribution in [0.3, 0.4) is 0 Å². The van der Waals surface area contributed by atoms with E-state index in [2.05, 4.69) is 35.5 Å². The number of benzene rings is 1. The van der Waals surface area contributed by atoms with E-state index in [9.17, 15) is 0 Å². The molecule has 0 radical (unpaired) electrons. The zero-order valence-electron chi connectivity index (χ0n) is 9.43. The molecule has 0 spiro atoms. The van der Waals surface area contributed by atoms with Gasteiger partial charge in [0.15, 0.2) is 0 Å². The molecular weight excluding hydrogens is 236 g/mol. The van der Waals surface area contributed by atoms with E-state index in [1.165, 1.54) is 28.1 Å². The summed E-state index contributed by atoms with van der Waals surface area (Å²) in [4.78, 5) is 4.50. The Balaban J connectivity index is 2.15. The van der Waals surface area contributed by atoms with Gasteiger partial charge < -0.3 is 4.57 Å². The van der Waals surface area contributed by atoms with Crippen LogP contribution in [0.1, 0.15) is 15.8 Å². The molecular formula is C12H14N2S2. The molecule has 0 unspecified atom stereocenters. The third-order valence-corrected chi connectivity index (χ3v) is 6.00. The summed E-state index contributed by atoms with van der Waals surface area (Å²) in [7, 11) is 0. The highest BCUT2D eigenvalue weighted by Gasteiger charge is 2.19. The van der Waals surface area contributed by atoms with Crippen LogP contribution in [0.5, 0.6) is 0 Å². The minimum Gasteiger partial charge on any atom is -0.308 e. The Kier molecular flexibility index (Phi) is 2.64. The average Bonchev–Trinajstić information content (AvgIpc) is 2.87. The zero-order valence-corrected chi connectivity index (χ0v) is 11.1. The molecule has 0 aliphatic carbocycles. The van der Waals surface area contributed by atoms with Crippen LogP contribution in [-0.2, 0) is 0 Å². The Labute approximate surface area is 104 Å². The van der Waals surface area contributed by atoms with Gasteiger partial charge in [0.25, 0.3) is 0 Å². The van der Waals surface area contributed by atoms with Gasteiger partial charge in [-0.3, -0.25) is 0 Å². The number of fused-ring (bicyclic) bond motifs is 1. The fourth-order valence-electron chi connectivity index (χ4n) is 1.96. The van der Waals surface area contributed by atoms with E-state index < -0.39 is 0 Å². The Morgan fingerprint density at radius 3 is 2.62 bits per heavy atom. The highest BCUT2D eigenvalue weighted by Crippen LogP contribution is 2.42. The predicted octanol–water partition coefficient (Wildman–Crippen LogP) is 3.59. The first-order valence-corrected chi connectivity index (χ1v) is 7.52. The van der Waals surface area contributed by atoms with Gasteiger partial charge in [-0.1, -0.05) is 0 Å². The lowest BCUT2D eigenvalue weighted by molar-refractivity contribution is 0.907. The van der Waals surface area contributed by atoms with Crippen molar-refractivity contribution in [3.8, 4) is 0 Å². The molecule has 2 nitrogen and oxygen atoms in total. The smallest absolute Gasteiger partial charge is 0.127 e. The number of hydrogen-bond donors (Lipinski definition) is 0. The van der Waals surface area contributed by atoms with E-state index in [1.54, 1.807) is 0 Å². The van der Waals surface area contributed by atoms with Crippen molar-refractivity contribution < 1.29 is 0 Å². The van der Waals surface area contributed by atoms with E-state index in [0.717, 1.165) is 5.52 Å². The maximum absolute atomic E-state index is 4.50. The minimum absolute atomic E-state index is 0.520. The monoisotopic (exact) mass is 250 g/mol. The van der Waals surface area contributed by atoms with Crippen molar-refractivity contribution >= 4 is 34.6 Å². The lowest BCUT2D eigenvalue weighted by atomic mass is 10.1. The first-order valence-electron chi connectivity index (χ1n) is 5.43. The van der Waals surface area contributed by atoms with Crippen LogP contribution in [0, 0.1) is 13.8 Å². The minimum atomic E-state index is 0.520. The zero-order chi connectivity index (χ0) is 11.1. The third-order valence-electron chi connectivity index (χ3n) is 3.02. The first kappa shape index (κ1) is 10.5. The van der Waals surface area contributed by atoms with E-state index in [1.807, 2.05) is 29.9 Å². The van der Waals surface area contributed by atoms with Crippen LogP contribution in [0.2, 0.25) is 0 Å². The predicted molar refractivity (Wildman–Crippen MR) is 73.2 cm³/mol. The molecule has 16 heavy (non-hydrogen) atoms. The number of aromatic nitrogens is 2. The van der Waals surface area contributed by atoms with Crippen molar-refractivity contribution in [2.45, 2.75) is 18.6 Å². The van der Waals surface area contributed by atoms with Gasteiger partial charge in [0.05, 0.1) is 17.4 Å². The van der Waals surface area contributed by atoms with Crippen molar-refractivity contribution in [3.05, 3.63) is 29.6 Å². The summed E-state index contributed by atoms with van der Waals surface area (Å²) < 4.78 is 2.83. The van der Waals surface area contributed by atoms with Gasteiger partial charge in [-0.05, 0) is 37.1 Å². The summed E-state index contributed by atoms with van der Waals surface area (Å²) in [6.07, 6.45) is 1.99. The summed E-state index contributed by atoms with van der Waals surface area (Å²) >= 11 is 4.02. The van der Waals surface area contributed by atoms with E-state index >= 15 is 0 Å². The number of thioether (sulfide) groups is 2. The molecule has 1 aliphatic heterocycles. The molecule has 0 N–H and O–H groups in total. The molecule has 1 saturated heterocycles. The SMILES string of the molecule is Cc1cc2ncn(C3SCCS3)c2cc1C. The van der Waals surface area contributed by atoms with Crippen LogP contribution in [0.15, 0.2) is 18.5 Å². The molecule has 1 aromatic heterocycles. The molecule has 1 fully saturated rings. The summed E-state index contributed by atoms with van der Waals surface area (Å²) in [5.41, 5.74) is 5.07. The molecule has 84 valence electrons. The largest absolute Gasteiger partial charge is 0.308 e. The molecule has 0 atom stereocenters.